The molecule has 0 spiro atoms. The van der Waals surface area contributed by atoms with Gasteiger partial charge in [0.15, 0.2) is 0 Å². The average Bonchev–Trinajstić information content (AvgIpc) is 3.13. The second-order valence-corrected chi connectivity index (χ2v) is 5.59. The van der Waals surface area contributed by atoms with E-state index in [4.69, 9.17) is 4.74 Å². The van der Waals surface area contributed by atoms with Crippen molar-refractivity contribution in [2.24, 2.45) is 4.99 Å². The van der Waals surface area contributed by atoms with Crippen LogP contribution in [0.4, 0.5) is 5.69 Å². The summed E-state index contributed by atoms with van der Waals surface area (Å²) in [7, 11) is 1.62. The van der Waals surface area contributed by atoms with Crippen molar-refractivity contribution in [1.29, 1.82) is 0 Å². The average molecular weight is 338 g/mol. The van der Waals surface area contributed by atoms with E-state index in [1.165, 1.54) is 0 Å². The molecule has 2 heterocycles. The third kappa shape index (κ3) is 3.58. The Hall–Kier alpha value is -2.05. The minimum atomic E-state index is 0. The second-order valence-electron chi connectivity index (χ2n) is 4.56. The molecule has 22 heavy (non-hydrogen) atoms. The van der Waals surface area contributed by atoms with Crippen LogP contribution in [0.2, 0.25) is 0 Å². The highest BCUT2D eigenvalue weighted by atomic mass is 35.5. The van der Waals surface area contributed by atoms with Gasteiger partial charge in [0, 0.05) is 16.6 Å². The van der Waals surface area contributed by atoms with Crippen molar-refractivity contribution in [3.05, 3.63) is 46.7 Å². The number of ether oxygens (including phenoxy) is 1. The lowest BCUT2D eigenvalue weighted by molar-refractivity contribution is -0.125. The van der Waals surface area contributed by atoms with E-state index in [2.05, 4.69) is 10.3 Å². The lowest BCUT2D eigenvalue weighted by atomic mass is 10.3. The van der Waals surface area contributed by atoms with Gasteiger partial charge in [-0.2, -0.15) is 0 Å². The summed E-state index contributed by atoms with van der Waals surface area (Å²) >= 11 is 1.63. The Kier molecular flexibility index (Phi) is 5.41. The number of hydrogen-bond donors (Lipinski definition) is 1. The molecule has 0 saturated heterocycles. The lowest BCUT2D eigenvalue weighted by Crippen LogP contribution is -2.36. The second kappa shape index (κ2) is 7.29. The number of amides is 1. The van der Waals surface area contributed by atoms with E-state index in [-0.39, 0.29) is 24.9 Å². The molecule has 1 aromatic carbocycles. The summed E-state index contributed by atoms with van der Waals surface area (Å²) in [5.74, 6) is 1.35. The Bertz CT molecular complexity index is 673. The molecule has 3 rings (SSSR count). The molecule has 5 nitrogen and oxygen atoms in total. The van der Waals surface area contributed by atoms with Gasteiger partial charge in [0.25, 0.3) is 5.91 Å². The number of thiophene rings is 1. The quantitative estimate of drug-likeness (QED) is 0.933. The molecule has 0 bridgehead atoms. The van der Waals surface area contributed by atoms with Crippen LogP contribution in [0.3, 0.4) is 0 Å². The first-order valence-corrected chi connectivity index (χ1v) is 7.42. The standard InChI is InChI=1S/C15H15N3O2S.ClH/c1-20-12-5-2-4-11(8-12)17-15-16-9-14(19)18(15)10-13-6-3-7-21-13;/h2-8H,9-10H2,1H3,(H,16,17);1H. The van der Waals surface area contributed by atoms with Crippen LogP contribution in [-0.2, 0) is 11.3 Å². The first-order valence-electron chi connectivity index (χ1n) is 6.54. The normalized spacial score (nSPS) is 13.6. The van der Waals surface area contributed by atoms with E-state index in [9.17, 15) is 4.79 Å². The predicted molar refractivity (Wildman–Crippen MR) is 91.0 cm³/mol. The smallest absolute Gasteiger partial charge is 0.251 e. The highest BCUT2D eigenvalue weighted by Crippen LogP contribution is 2.20. The number of anilines is 1. The maximum absolute atomic E-state index is 12.0. The number of rotatable bonds is 4. The van der Waals surface area contributed by atoms with Gasteiger partial charge in [-0.3, -0.25) is 9.69 Å². The van der Waals surface area contributed by atoms with Crippen molar-refractivity contribution < 1.29 is 9.53 Å². The largest absolute Gasteiger partial charge is 0.497 e. The van der Waals surface area contributed by atoms with Crippen molar-refractivity contribution in [2.75, 3.05) is 19.0 Å². The van der Waals surface area contributed by atoms with E-state index in [0.717, 1.165) is 16.3 Å². The molecule has 0 fully saturated rings. The Labute approximate surface area is 139 Å². The number of guanidine groups is 1. The molecule has 0 radical (unpaired) electrons. The fraction of sp³-hybridized carbons (Fsp3) is 0.200. The van der Waals surface area contributed by atoms with E-state index >= 15 is 0 Å². The maximum atomic E-state index is 12.0. The molecule has 0 atom stereocenters. The van der Waals surface area contributed by atoms with Crippen molar-refractivity contribution in [1.82, 2.24) is 4.90 Å². The molecule has 0 saturated carbocycles. The molecule has 116 valence electrons. The predicted octanol–water partition coefficient (Wildman–Crippen LogP) is 2.99. The molecule has 1 aliphatic rings. The third-order valence-electron chi connectivity index (χ3n) is 3.14. The van der Waals surface area contributed by atoms with Crippen LogP contribution >= 0.6 is 23.7 Å². The number of halogens is 1. The number of methoxy groups -OCH3 is 1. The van der Waals surface area contributed by atoms with Crippen molar-refractivity contribution in [2.45, 2.75) is 6.54 Å². The fourth-order valence-corrected chi connectivity index (χ4v) is 2.78. The van der Waals surface area contributed by atoms with Crippen molar-refractivity contribution in [3.63, 3.8) is 0 Å². The molecule has 1 amide bonds. The summed E-state index contributed by atoms with van der Waals surface area (Å²) in [6, 6.07) is 11.5. The molecule has 7 heteroatoms. The Morgan fingerprint density at radius 2 is 2.23 bits per heavy atom. The third-order valence-corrected chi connectivity index (χ3v) is 4.00. The van der Waals surface area contributed by atoms with Gasteiger partial charge in [-0.15, -0.1) is 23.7 Å². The number of carbonyl (C=O) groups excluding carboxylic acids is 1. The molecule has 0 aliphatic carbocycles. The highest BCUT2D eigenvalue weighted by molar-refractivity contribution is 7.09. The van der Waals surface area contributed by atoms with Gasteiger partial charge in [-0.05, 0) is 23.6 Å². The zero-order valence-corrected chi connectivity index (χ0v) is 13.6. The van der Waals surface area contributed by atoms with Gasteiger partial charge < -0.3 is 10.1 Å². The number of aliphatic imine (C=N–C) groups is 1. The van der Waals surface area contributed by atoms with Crippen LogP contribution in [0.25, 0.3) is 0 Å². The molecule has 0 unspecified atom stereocenters. The van der Waals surface area contributed by atoms with Gasteiger partial charge in [-0.25, -0.2) is 4.99 Å². The van der Waals surface area contributed by atoms with Crippen LogP contribution in [0, 0.1) is 0 Å². The number of benzene rings is 1. The van der Waals surface area contributed by atoms with Gasteiger partial charge in [0.2, 0.25) is 5.96 Å². The molecule has 1 aromatic heterocycles. The number of carbonyl (C=O) groups is 1. The zero-order chi connectivity index (χ0) is 14.7. The zero-order valence-electron chi connectivity index (χ0n) is 12.0. The first kappa shape index (κ1) is 16.3. The van der Waals surface area contributed by atoms with Crippen LogP contribution in [0.5, 0.6) is 5.75 Å². The van der Waals surface area contributed by atoms with E-state index in [1.807, 2.05) is 41.8 Å². The summed E-state index contributed by atoms with van der Waals surface area (Å²) in [6.07, 6.45) is 0. The first-order chi connectivity index (χ1) is 10.3. The van der Waals surface area contributed by atoms with E-state index < -0.39 is 0 Å². The minimum absolute atomic E-state index is 0. The van der Waals surface area contributed by atoms with Crippen LogP contribution < -0.4 is 10.1 Å². The van der Waals surface area contributed by atoms with Crippen LogP contribution in [-0.4, -0.2) is 30.4 Å². The SMILES string of the molecule is COc1cccc(NC2=NCC(=O)N2Cc2cccs2)c1.Cl. The summed E-state index contributed by atoms with van der Waals surface area (Å²) in [6.45, 7) is 0.740. The van der Waals surface area contributed by atoms with E-state index in [1.54, 1.807) is 23.3 Å². The monoisotopic (exact) mass is 337 g/mol. The summed E-state index contributed by atoms with van der Waals surface area (Å²) < 4.78 is 5.19. The van der Waals surface area contributed by atoms with Gasteiger partial charge in [-0.1, -0.05) is 12.1 Å². The summed E-state index contributed by atoms with van der Waals surface area (Å²) in [4.78, 5) is 19.1. The summed E-state index contributed by atoms with van der Waals surface area (Å²) in [5.41, 5.74) is 0.846. The molecule has 1 N–H and O–H groups in total. The number of nitrogens with one attached hydrogen (secondary N) is 1. The summed E-state index contributed by atoms with van der Waals surface area (Å²) in [5, 5.41) is 5.19. The Morgan fingerprint density at radius 3 is 2.95 bits per heavy atom. The molecular weight excluding hydrogens is 322 g/mol. The van der Waals surface area contributed by atoms with Crippen LogP contribution in [0.15, 0.2) is 46.8 Å². The molecule has 2 aromatic rings. The lowest BCUT2D eigenvalue weighted by Gasteiger charge is -2.19. The van der Waals surface area contributed by atoms with Crippen molar-refractivity contribution in [3.8, 4) is 5.75 Å². The number of nitrogens with zero attached hydrogens (tertiary/aromatic N) is 2. The topological polar surface area (TPSA) is 53.9 Å². The Balaban J connectivity index is 0.00000176. The Morgan fingerprint density at radius 1 is 1.36 bits per heavy atom. The van der Waals surface area contributed by atoms with Crippen molar-refractivity contribution >= 4 is 41.3 Å². The molecule has 1 aliphatic heterocycles. The van der Waals surface area contributed by atoms with Gasteiger partial charge >= 0.3 is 0 Å². The molecular formula is C15H16ClN3O2S. The van der Waals surface area contributed by atoms with Gasteiger partial charge in [0.1, 0.15) is 12.3 Å². The maximum Gasteiger partial charge on any atom is 0.251 e. The van der Waals surface area contributed by atoms with E-state index in [0.29, 0.717) is 12.5 Å². The minimum Gasteiger partial charge on any atom is -0.497 e. The number of hydrogen-bond acceptors (Lipinski definition) is 5. The highest BCUT2D eigenvalue weighted by Gasteiger charge is 2.25. The fourth-order valence-electron chi connectivity index (χ4n) is 2.09. The van der Waals surface area contributed by atoms with Crippen LogP contribution in [0.1, 0.15) is 4.88 Å². The van der Waals surface area contributed by atoms with Gasteiger partial charge in [0.05, 0.1) is 13.7 Å².